The van der Waals surface area contributed by atoms with Gasteiger partial charge in [-0.1, -0.05) is 44.2 Å². The van der Waals surface area contributed by atoms with Crippen LogP contribution in [0.4, 0.5) is 0 Å². The molecule has 0 radical (unpaired) electrons. The van der Waals surface area contributed by atoms with Gasteiger partial charge in [0.25, 0.3) is 0 Å². The van der Waals surface area contributed by atoms with E-state index in [2.05, 4.69) is 49.5 Å². The maximum atomic E-state index is 12.5. The number of rotatable bonds is 6. The number of methoxy groups -OCH3 is 1. The Morgan fingerprint density at radius 1 is 1.30 bits per heavy atom. The molecule has 3 fully saturated rings. The Morgan fingerprint density at radius 3 is 2.81 bits per heavy atom. The lowest BCUT2D eigenvalue weighted by Crippen LogP contribution is -2.60. The van der Waals surface area contributed by atoms with Crippen molar-refractivity contribution >= 4 is 5.91 Å². The van der Waals surface area contributed by atoms with Crippen LogP contribution in [-0.2, 0) is 20.7 Å². The van der Waals surface area contributed by atoms with Crippen LogP contribution in [0.2, 0.25) is 0 Å². The number of ether oxygens (including phenoxy) is 2. The summed E-state index contributed by atoms with van der Waals surface area (Å²) in [6.07, 6.45) is 5.21. The van der Waals surface area contributed by atoms with Gasteiger partial charge in [-0.2, -0.15) is 0 Å². The van der Waals surface area contributed by atoms with Gasteiger partial charge in [-0.15, -0.1) is 0 Å². The molecule has 2 saturated carbocycles. The first-order valence-electron chi connectivity index (χ1n) is 10.4. The Balaban J connectivity index is 1.56. The molecule has 4 heteroatoms. The fraction of sp³-hybridized carbons (Fsp3) is 0.696. The summed E-state index contributed by atoms with van der Waals surface area (Å²) in [5, 5.41) is 3.44. The Kier molecular flexibility index (Phi) is 5.06. The second kappa shape index (κ2) is 7.21. The minimum atomic E-state index is 0.127. The smallest absolute Gasteiger partial charge is 0.222 e. The lowest BCUT2D eigenvalue weighted by Gasteiger charge is -2.53. The Bertz CT molecular complexity index is 673. The molecule has 3 aliphatic rings. The highest BCUT2D eigenvalue weighted by Gasteiger charge is 2.68. The first-order chi connectivity index (χ1) is 13.0. The van der Waals surface area contributed by atoms with Gasteiger partial charge in [-0.05, 0) is 53.9 Å². The average molecular weight is 372 g/mol. The number of hydrogen-bond donors (Lipinski definition) is 1. The molecular weight excluding hydrogens is 338 g/mol. The summed E-state index contributed by atoms with van der Waals surface area (Å²) in [4.78, 5) is 12.5. The summed E-state index contributed by atoms with van der Waals surface area (Å²) in [7, 11) is 1.65. The third-order valence-corrected chi connectivity index (χ3v) is 7.74. The van der Waals surface area contributed by atoms with E-state index in [0.29, 0.717) is 24.9 Å². The molecule has 148 valence electrons. The Morgan fingerprint density at radius 2 is 2.07 bits per heavy atom. The number of benzene rings is 1. The van der Waals surface area contributed by atoms with Crippen LogP contribution in [-0.4, -0.2) is 38.4 Å². The van der Waals surface area contributed by atoms with E-state index in [9.17, 15) is 4.79 Å². The second-order valence-electron chi connectivity index (χ2n) is 9.39. The molecule has 1 heterocycles. The molecular formula is C23H33NO3. The van der Waals surface area contributed by atoms with E-state index in [0.717, 1.165) is 19.4 Å². The quantitative estimate of drug-likeness (QED) is 0.831. The van der Waals surface area contributed by atoms with Gasteiger partial charge in [-0.25, -0.2) is 0 Å². The van der Waals surface area contributed by atoms with Crippen molar-refractivity contribution in [2.75, 3.05) is 20.3 Å². The number of nitrogens with one attached hydrogen (secondary N) is 1. The molecule has 1 amide bonds. The van der Waals surface area contributed by atoms with E-state index in [1.54, 1.807) is 7.11 Å². The minimum absolute atomic E-state index is 0.127. The Hall–Kier alpha value is -1.39. The van der Waals surface area contributed by atoms with Crippen molar-refractivity contribution in [3.8, 4) is 0 Å². The maximum Gasteiger partial charge on any atom is 0.222 e. The van der Waals surface area contributed by atoms with Gasteiger partial charge in [0.2, 0.25) is 5.91 Å². The Labute approximate surface area is 163 Å². The van der Waals surface area contributed by atoms with E-state index >= 15 is 0 Å². The van der Waals surface area contributed by atoms with Crippen molar-refractivity contribution in [2.24, 2.45) is 22.7 Å². The van der Waals surface area contributed by atoms with Gasteiger partial charge in [-0.3, -0.25) is 4.79 Å². The van der Waals surface area contributed by atoms with Crippen molar-refractivity contribution in [3.63, 3.8) is 0 Å². The summed E-state index contributed by atoms with van der Waals surface area (Å²) in [5.41, 5.74) is 1.69. The van der Waals surface area contributed by atoms with E-state index in [-0.39, 0.29) is 28.9 Å². The molecule has 1 unspecified atom stereocenters. The van der Waals surface area contributed by atoms with Crippen LogP contribution in [0.15, 0.2) is 30.3 Å². The first kappa shape index (κ1) is 18.9. The van der Waals surface area contributed by atoms with Crippen molar-refractivity contribution in [2.45, 2.75) is 58.1 Å². The van der Waals surface area contributed by atoms with Gasteiger partial charge in [0.1, 0.15) is 0 Å². The van der Waals surface area contributed by atoms with Crippen LogP contribution < -0.4 is 5.32 Å². The standard InChI is InChI=1S/C23H33NO3/c1-22(2)17-14-18-19(13-16-7-5-4-6-8-16)27-12-10-23(18,15-17)21(22)24-20(25)9-11-26-3/h4-8,17-19,21H,9-15H2,1-3H3,(H,24,25)/t17-,18-,19-,21-,23?/m1/s1. The number of carbonyl (C=O) groups is 1. The monoisotopic (exact) mass is 371 g/mol. The molecule has 4 nitrogen and oxygen atoms in total. The predicted molar refractivity (Wildman–Crippen MR) is 105 cm³/mol. The van der Waals surface area contributed by atoms with Crippen LogP contribution in [0.25, 0.3) is 0 Å². The molecule has 1 N–H and O–H groups in total. The summed E-state index contributed by atoms with van der Waals surface area (Å²) >= 11 is 0. The zero-order chi connectivity index (χ0) is 19.1. The van der Waals surface area contributed by atoms with Crippen LogP contribution >= 0.6 is 0 Å². The average Bonchev–Trinajstić information content (AvgIpc) is 3.15. The molecule has 0 aromatic heterocycles. The topological polar surface area (TPSA) is 47.6 Å². The fourth-order valence-electron chi connectivity index (χ4n) is 6.39. The van der Waals surface area contributed by atoms with E-state index < -0.39 is 0 Å². The number of amides is 1. The summed E-state index contributed by atoms with van der Waals surface area (Å²) in [5.74, 6) is 1.33. The number of fused-ring (bicyclic) bond motifs is 1. The van der Waals surface area contributed by atoms with Crippen LogP contribution in [0.1, 0.15) is 45.1 Å². The lowest BCUT2D eigenvalue weighted by atomic mass is 9.59. The van der Waals surface area contributed by atoms with Gasteiger partial charge in [0, 0.05) is 26.2 Å². The van der Waals surface area contributed by atoms with Gasteiger partial charge in [0.15, 0.2) is 0 Å². The third kappa shape index (κ3) is 3.21. The molecule has 4 rings (SSSR count). The van der Waals surface area contributed by atoms with Crippen LogP contribution in [0.5, 0.6) is 0 Å². The normalized spacial score (nSPS) is 36.4. The van der Waals surface area contributed by atoms with Crippen molar-refractivity contribution in [1.82, 2.24) is 5.32 Å². The molecule has 1 aliphatic heterocycles. The SMILES string of the molecule is COCCC(=O)N[C@@H]1C(C)(C)[C@@H]2C[C@@H]3[C@@H](Cc4ccccc4)OCCC31C2. The molecule has 2 bridgehead atoms. The van der Waals surface area contributed by atoms with Crippen molar-refractivity contribution < 1.29 is 14.3 Å². The highest BCUT2D eigenvalue weighted by atomic mass is 16.5. The molecule has 1 aromatic rings. The third-order valence-electron chi connectivity index (χ3n) is 7.74. The van der Waals surface area contributed by atoms with E-state index in [4.69, 9.17) is 9.47 Å². The highest BCUT2D eigenvalue weighted by Crippen LogP contribution is 2.68. The van der Waals surface area contributed by atoms with Gasteiger partial charge in [0.05, 0.1) is 12.7 Å². The zero-order valence-electron chi connectivity index (χ0n) is 16.9. The fourth-order valence-corrected chi connectivity index (χ4v) is 6.39. The highest BCUT2D eigenvalue weighted by molar-refractivity contribution is 5.76. The molecule has 1 saturated heterocycles. The van der Waals surface area contributed by atoms with Crippen LogP contribution in [0.3, 0.4) is 0 Å². The van der Waals surface area contributed by atoms with Crippen LogP contribution in [0, 0.1) is 22.7 Å². The second-order valence-corrected chi connectivity index (χ2v) is 9.39. The largest absolute Gasteiger partial charge is 0.384 e. The minimum Gasteiger partial charge on any atom is -0.384 e. The van der Waals surface area contributed by atoms with Gasteiger partial charge < -0.3 is 14.8 Å². The molecule has 1 aromatic carbocycles. The maximum absolute atomic E-state index is 12.5. The number of hydrogen-bond acceptors (Lipinski definition) is 3. The summed E-state index contributed by atoms with van der Waals surface area (Å²) in [6.45, 7) is 6.00. The first-order valence-corrected chi connectivity index (χ1v) is 10.4. The molecule has 27 heavy (non-hydrogen) atoms. The summed E-state index contributed by atoms with van der Waals surface area (Å²) < 4.78 is 11.4. The zero-order valence-corrected chi connectivity index (χ0v) is 16.9. The van der Waals surface area contributed by atoms with E-state index in [1.807, 2.05) is 0 Å². The lowest BCUT2D eigenvalue weighted by molar-refractivity contribution is -0.136. The summed E-state index contributed by atoms with van der Waals surface area (Å²) in [6, 6.07) is 10.9. The molecule has 5 atom stereocenters. The number of carbonyl (C=O) groups excluding carboxylic acids is 1. The molecule has 1 spiro atoms. The molecule has 2 aliphatic carbocycles. The van der Waals surface area contributed by atoms with E-state index in [1.165, 1.54) is 18.4 Å². The van der Waals surface area contributed by atoms with Crippen molar-refractivity contribution in [1.29, 1.82) is 0 Å². The van der Waals surface area contributed by atoms with Crippen molar-refractivity contribution in [3.05, 3.63) is 35.9 Å². The predicted octanol–water partition coefficient (Wildman–Crippen LogP) is 3.59. The van der Waals surface area contributed by atoms with Gasteiger partial charge >= 0.3 is 0 Å².